The summed E-state index contributed by atoms with van der Waals surface area (Å²) >= 11 is 3.55. The van der Waals surface area contributed by atoms with Crippen molar-refractivity contribution >= 4 is 21.6 Å². The highest BCUT2D eigenvalue weighted by Gasteiger charge is 2.22. The summed E-state index contributed by atoms with van der Waals surface area (Å²) in [6.07, 6.45) is 2.87. The summed E-state index contributed by atoms with van der Waals surface area (Å²) in [7, 11) is 0. The summed E-state index contributed by atoms with van der Waals surface area (Å²) in [5, 5.41) is 0. The standard InChI is InChI=1S/C12H15BrN2O/c1-3-8-9(13)4-5-10(14)12(8)11-6-7(2)15-16-11/h4-6,11,15H,3,14H2,1-2H3. The van der Waals surface area contributed by atoms with Crippen LogP contribution in [0.25, 0.3) is 0 Å². The van der Waals surface area contributed by atoms with Crippen LogP contribution < -0.4 is 11.2 Å². The topological polar surface area (TPSA) is 47.3 Å². The first-order valence-electron chi connectivity index (χ1n) is 5.30. The molecule has 0 saturated carbocycles. The van der Waals surface area contributed by atoms with Gasteiger partial charge in [-0.05, 0) is 37.1 Å². The Morgan fingerprint density at radius 1 is 1.50 bits per heavy atom. The SMILES string of the molecule is CCc1c(Br)ccc(N)c1C1C=C(C)NO1. The Hall–Kier alpha value is -1.00. The summed E-state index contributed by atoms with van der Waals surface area (Å²) in [5.74, 6) is 0. The minimum atomic E-state index is -0.0903. The van der Waals surface area contributed by atoms with E-state index in [0.29, 0.717) is 0 Å². The van der Waals surface area contributed by atoms with Crippen LogP contribution in [0.2, 0.25) is 0 Å². The van der Waals surface area contributed by atoms with Gasteiger partial charge in [0.15, 0.2) is 0 Å². The van der Waals surface area contributed by atoms with Gasteiger partial charge in [0.25, 0.3) is 0 Å². The summed E-state index contributed by atoms with van der Waals surface area (Å²) < 4.78 is 1.08. The molecule has 4 heteroatoms. The molecule has 1 aliphatic rings. The van der Waals surface area contributed by atoms with Gasteiger partial charge < -0.3 is 5.73 Å². The Morgan fingerprint density at radius 3 is 2.81 bits per heavy atom. The highest BCUT2D eigenvalue weighted by molar-refractivity contribution is 9.10. The van der Waals surface area contributed by atoms with E-state index in [1.165, 1.54) is 5.56 Å². The van der Waals surface area contributed by atoms with Gasteiger partial charge in [0.1, 0.15) is 6.10 Å². The van der Waals surface area contributed by atoms with Gasteiger partial charge in [-0.2, -0.15) is 0 Å². The molecule has 1 aromatic rings. The molecule has 86 valence electrons. The lowest BCUT2D eigenvalue weighted by atomic mass is 9.98. The van der Waals surface area contributed by atoms with E-state index in [9.17, 15) is 0 Å². The van der Waals surface area contributed by atoms with Crippen molar-refractivity contribution in [3.63, 3.8) is 0 Å². The van der Waals surface area contributed by atoms with E-state index in [4.69, 9.17) is 10.6 Å². The molecule has 0 spiro atoms. The van der Waals surface area contributed by atoms with Gasteiger partial charge in [0.05, 0.1) is 0 Å². The van der Waals surface area contributed by atoms with Gasteiger partial charge >= 0.3 is 0 Å². The van der Waals surface area contributed by atoms with Crippen molar-refractivity contribution in [2.45, 2.75) is 26.4 Å². The molecule has 0 bridgehead atoms. The van der Waals surface area contributed by atoms with Crippen molar-refractivity contribution in [2.75, 3.05) is 5.73 Å². The molecule has 2 rings (SSSR count). The van der Waals surface area contributed by atoms with E-state index in [1.54, 1.807) is 0 Å². The van der Waals surface area contributed by atoms with Crippen LogP contribution in [0.5, 0.6) is 0 Å². The number of hydroxylamine groups is 1. The van der Waals surface area contributed by atoms with E-state index in [0.717, 1.165) is 27.8 Å². The van der Waals surface area contributed by atoms with E-state index in [2.05, 4.69) is 28.3 Å². The molecule has 0 saturated heterocycles. The van der Waals surface area contributed by atoms with Crippen molar-refractivity contribution in [1.82, 2.24) is 5.48 Å². The Labute approximate surface area is 104 Å². The van der Waals surface area contributed by atoms with E-state index in [1.807, 2.05) is 25.1 Å². The molecule has 1 atom stereocenters. The number of hydrogen-bond donors (Lipinski definition) is 2. The van der Waals surface area contributed by atoms with E-state index >= 15 is 0 Å². The molecule has 1 aliphatic heterocycles. The largest absolute Gasteiger partial charge is 0.398 e. The number of benzene rings is 1. The third-order valence-electron chi connectivity index (χ3n) is 2.72. The fourth-order valence-corrected chi connectivity index (χ4v) is 2.57. The molecule has 0 amide bonds. The predicted molar refractivity (Wildman–Crippen MR) is 68.7 cm³/mol. The molecular weight excluding hydrogens is 268 g/mol. The highest BCUT2D eigenvalue weighted by atomic mass is 79.9. The molecule has 1 heterocycles. The first-order chi connectivity index (χ1) is 7.63. The minimum absolute atomic E-state index is 0.0903. The number of rotatable bonds is 2. The number of allylic oxidation sites excluding steroid dienone is 1. The quantitative estimate of drug-likeness (QED) is 0.820. The van der Waals surface area contributed by atoms with Crippen LogP contribution in [0, 0.1) is 0 Å². The minimum Gasteiger partial charge on any atom is -0.398 e. The van der Waals surface area contributed by atoms with Crippen molar-refractivity contribution in [2.24, 2.45) is 0 Å². The monoisotopic (exact) mass is 282 g/mol. The number of anilines is 1. The fraction of sp³-hybridized carbons (Fsp3) is 0.333. The number of nitrogen functional groups attached to an aromatic ring is 1. The third-order valence-corrected chi connectivity index (χ3v) is 3.46. The molecular formula is C12H15BrN2O. The maximum absolute atomic E-state index is 6.03. The van der Waals surface area contributed by atoms with Gasteiger partial charge in [-0.1, -0.05) is 22.9 Å². The molecule has 1 unspecified atom stereocenters. The number of hydrogen-bond acceptors (Lipinski definition) is 3. The number of nitrogens with one attached hydrogen (secondary N) is 1. The molecule has 3 N–H and O–H groups in total. The Morgan fingerprint density at radius 2 is 2.25 bits per heavy atom. The zero-order chi connectivity index (χ0) is 11.7. The maximum atomic E-state index is 6.03. The van der Waals surface area contributed by atoms with Gasteiger partial charge in [-0.3, -0.25) is 10.3 Å². The Bertz CT molecular complexity index is 443. The lowest BCUT2D eigenvalue weighted by molar-refractivity contribution is 0.0420. The number of nitrogens with two attached hydrogens (primary N) is 1. The van der Waals surface area contributed by atoms with Gasteiger partial charge in [-0.25, -0.2) is 0 Å². The second-order valence-electron chi connectivity index (χ2n) is 3.87. The first-order valence-corrected chi connectivity index (χ1v) is 6.09. The summed E-state index contributed by atoms with van der Waals surface area (Å²) in [6, 6.07) is 3.89. The Balaban J connectivity index is 2.50. The molecule has 0 aliphatic carbocycles. The van der Waals surface area contributed by atoms with Crippen molar-refractivity contribution in [1.29, 1.82) is 0 Å². The Kier molecular flexibility index (Phi) is 3.21. The van der Waals surface area contributed by atoms with Crippen LogP contribution in [0.1, 0.15) is 31.1 Å². The zero-order valence-corrected chi connectivity index (χ0v) is 11.0. The first kappa shape index (κ1) is 11.5. The second-order valence-corrected chi connectivity index (χ2v) is 4.73. The highest BCUT2D eigenvalue weighted by Crippen LogP contribution is 2.35. The summed E-state index contributed by atoms with van der Waals surface area (Å²) in [5.41, 5.74) is 12.9. The second kappa shape index (κ2) is 4.47. The lowest BCUT2D eigenvalue weighted by Crippen LogP contribution is -2.10. The molecule has 16 heavy (non-hydrogen) atoms. The lowest BCUT2D eigenvalue weighted by Gasteiger charge is -2.16. The van der Waals surface area contributed by atoms with Crippen LogP contribution >= 0.6 is 15.9 Å². The summed E-state index contributed by atoms with van der Waals surface area (Å²) in [4.78, 5) is 5.49. The smallest absolute Gasteiger partial charge is 0.133 e. The third kappa shape index (κ3) is 1.95. The van der Waals surface area contributed by atoms with Crippen LogP contribution in [0.4, 0.5) is 5.69 Å². The van der Waals surface area contributed by atoms with Crippen molar-refractivity contribution < 1.29 is 4.84 Å². The van der Waals surface area contributed by atoms with Gasteiger partial charge in [-0.15, -0.1) is 0 Å². The van der Waals surface area contributed by atoms with Crippen LogP contribution in [0.3, 0.4) is 0 Å². The van der Waals surface area contributed by atoms with Crippen LogP contribution in [-0.2, 0) is 11.3 Å². The number of halogens is 1. The van der Waals surface area contributed by atoms with Gasteiger partial charge in [0, 0.05) is 21.4 Å². The van der Waals surface area contributed by atoms with E-state index < -0.39 is 0 Å². The fourth-order valence-electron chi connectivity index (χ4n) is 1.95. The molecule has 3 nitrogen and oxygen atoms in total. The van der Waals surface area contributed by atoms with E-state index in [-0.39, 0.29) is 6.10 Å². The maximum Gasteiger partial charge on any atom is 0.133 e. The normalized spacial score (nSPS) is 19.4. The molecule has 0 fully saturated rings. The average molecular weight is 283 g/mol. The summed E-state index contributed by atoms with van der Waals surface area (Å²) in [6.45, 7) is 4.09. The van der Waals surface area contributed by atoms with Crippen LogP contribution in [0.15, 0.2) is 28.4 Å². The predicted octanol–water partition coefficient (Wildman–Crippen LogP) is 3.07. The molecule has 0 radical (unpaired) electrons. The molecule has 0 aromatic heterocycles. The van der Waals surface area contributed by atoms with Crippen LogP contribution in [-0.4, -0.2) is 0 Å². The van der Waals surface area contributed by atoms with Crippen molar-refractivity contribution in [3.05, 3.63) is 39.5 Å². The zero-order valence-electron chi connectivity index (χ0n) is 9.38. The molecule has 1 aromatic carbocycles. The van der Waals surface area contributed by atoms with Crippen molar-refractivity contribution in [3.8, 4) is 0 Å². The average Bonchev–Trinajstić information content (AvgIpc) is 2.67. The van der Waals surface area contributed by atoms with Gasteiger partial charge in [0.2, 0.25) is 0 Å².